The van der Waals surface area contributed by atoms with Crippen LogP contribution in [0.2, 0.25) is 0 Å². The third kappa shape index (κ3) is 4.45. The highest BCUT2D eigenvalue weighted by molar-refractivity contribution is 5.55. The Morgan fingerprint density at radius 2 is 1.31 bits per heavy atom. The number of aromatic hydroxyl groups is 3. The Balaban J connectivity index is 2.29. The van der Waals surface area contributed by atoms with E-state index < -0.39 is 5.75 Å². The fourth-order valence-electron chi connectivity index (χ4n) is 2.68. The van der Waals surface area contributed by atoms with E-state index in [0.29, 0.717) is 55.5 Å². The van der Waals surface area contributed by atoms with Gasteiger partial charge in [-0.1, -0.05) is 6.07 Å². The summed E-state index contributed by atoms with van der Waals surface area (Å²) in [7, 11) is 0. The Labute approximate surface area is 153 Å². The van der Waals surface area contributed by atoms with Gasteiger partial charge in [-0.25, -0.2) is 0 Å². The van der Waals surface area contributed by atoms with Crippen LogP contribution < -0.4 is 14.2 Å². The van der Waals surface area contributed by atoms with Gasteiger partial charge >= 0.3 is 0 Å². The lowest BCUT2D eigenvalue weighted by atomic mass is 10.0. The average molecular weight is 362 g/mol. The molecule has 6 heteroatoms. The quantitative estimate of drug-likeness (QED) is 0.588. The monoisotopic (exact) mass is 362 g/mol. The Hall–Kier alpha value is -2.76. The Morgan fingerprint density at radius 1 is 0.731 bits per heavy atom. The topological polar surface area (TPSA) is 88.4 Å². The van der Waals surface area contributed by atoms with E-state index in [2.05, 4.69) is 0 Å². The number of benzene rings is 2. The molecule has 0 bridgehead atoms. The van der Waals surface area contributed by atoms with Crippen LogP contribution in [-0.2, 0) is 12.8 Å². The lowest BCUT2D eigenvalue weighted by molar-refractivity contribution is 0.260. The van der Waals surface area contributed by atoms with Crippen LogP contribution in [0.5, 0.6) is 34.5 Å². The minimum atomic E-state index is -0.501. The van der Waals surface area contributed by atoms with Crippen LogP contribution >= 0.6 is 0 Å². The predicted octanol–water partition coefficient (Wildman–Crippen LogP) is 3.78. The molecule has 142 valence electrons. The van der Waals surface area contributed by atoms with Crippen molar-refractivity contribution in [3.05, 3.63) is 35.4 Å². The maximum Gasteiger partial charge on any atom is 0.203 e. The normalized spacial score (nSPS) is 10.6. The smallest absolute Gasteiger partial charge is 0.203 e. The van der Waals surface area contributed by atoms with Gasteiger partial charge in [0.15, 0.2) is 23.0 Å². The fraction of sp³-hybridized carbons (Fsp3) is 0.400. The minimum Gasteiger partial charge on any atom is -0.504 e. The first-order valence-electron chi connectivity index (χ1n) is 8.79. The molecule has 6 nitrogen and oxygen atoms in total. The Bertz CT molecular complexity index is 714. The molecule has 2 aromatic carbocycles. The van der Waals surface area contributed by atoms with Gasteiger partial charge in [-0.3, -0.25) is 0 Å². The highest BCUT2D eigenvalue weighted by Crippen LogP contribution is 2.40. The zero-order chi connectivity index (χ0) is 19.1. The van der Waals surface area contributed by atoms with Crippen molar-refractivity contribution < 1.29 is 29.5 Å². The van der Waals surface area contributed by atoms with E-state index in [1.165, 1.54) is 6.07 Å². The molecule has 0 spiro atoms. The van der Waals surface area contributed by atoms with Gasteiger partial charge < -0.3 is 29.5 Å². The number of phenols is 3. The first kappa shape index (κ1) is 19.6. The molecule has 0 unspecified atom stereocenters. The molecule has 0 aliphatic rings. The largest absolute Gasteiger partial charge is 0.504 e. The molecular weight excluding hydrogens is 336 g/mol. The molecule has 0 aliphatic carbocycles. The van der Waals surface area contributed by atoms with Crippen LogP contribution in [0.3, 0.4) is 0 Å². The molecular formula is C20H26O6. The SMILES string of the molecule is CCOc1cc(CCc2ccc(O)c(O)c2O)cc(OCC)c1OCC. The summed E-state index contributed by atoms with van der Waals surface area (Å²) >= 11 is 0. The molecule has 26 heavy (non-hydrogen) atoms. The number of hydrogen-bond donors (Lipinski definition) is 3. The summed E-state index contributed by atoms with van der Waals surface area (Å²) in [5, 5.41) is 29.0. The van der Waals surface area contributed by atoms with Gasteiger partial charge in [-0.15, -0.1) is 0 Å². The lowest BCUT2D eigenvalue weighted by Gasteiger charge is -2.17. The summed E-state index contributed by atoms with van der Waals surface area (Å²) in [4.78, 5) is 0. The third-order valence-corrected chi connectivity index (χ3v) is 3.87. The predicted molar refractivity (Wildman–Crippen MR) is 98.8 cm³/mol. The molecule has 0 saturated heterocycles. The molecule has 0 saturated carbocycles. The summed E-state index contributed by atoms with van der Waals surface area (Å²) in [6.45, 7) is 7.21. The number of rotatable bonds is 9. The second kappa shape index (κ2) is 9.08. The standard InChI is InChI=1S/C20H26O6/c1-4-24-16-11-13(12-17(25-5-2)20(16)26-6-3)7-8-14-9-10-15(21)19(23)18(14)22/h9-12,21-23H,4-8H2,1-3H3. The summed E-state index contributed by atoms with van der Waals surface area (Å²) < 4.78 is 17.1. The lowest BCUT2D eigenvalue weighted by Crippen LogP contribution is -2.04. The van der Waals surface area contributed by atoms with Crippen molar-refractivity contribution in [2.45, 2.75) is 33.6 Å². The van der Waals surface area contributed by atoms with E-state index in [9.17, 15) is 15.3 Å². The van der Waals surface area contributed by atoms with E-state index in [1.54, 1.807) is 6.07 Å². The number of phenolic OH excluding ortho intramolecular Hbond substituents is 3. The minimum absolute atomic E-state index is 0.300. The molecule has 0 atom stereocenters. The van der Waals surface area contributed by atoms with Crippen LogP contribution in [0.4, 0.5) is 0 Å². The van der Waals surface area contributed by atoms with Gasteiger partial charge in [0.25, 0.3) is 0 Å². The molecule has 0 radical (unpaired) electrons. The molecule has 0 heterocycles. The zero-order valence-corrected chi connectivity index (χ0v) is 15.4. The van der Waals surface area contributed by atoms with Gasteiger partial charge in [-0.05, 0) is 62.9 Å². The summed E-state index contributed by atoms with van der Waals surface area (Å²) in [6.07, 6.45) is 1.06. The van der Waals surface area contributed by atoms with Crippen molar-refractivity contribution in [2.24, 2.45) is 0 Å². The summed E-state index contributed by atoms with van der Waals surface area (Å²) in [6, 6.07) is 6.74. The Kier molecular flexibility index (Phi) is 6.83. The average Bonchev–Trinajstić information content (AvgIpc) is 2.62. The van der Waals surface area contributed by atoms with E-state index in [-0.39, 0.29) is 11.5 Å². The molecule has 2 rings (SSSR count). The van der Waals surface area contributed by atoms with Crippen molar-refractivity contribution in [3.8, 4) is 34.5 Å². The van der Waals surface area contributed by atoms with Gasteiger partial charge in [0.2, 0.25) is 11.5 Å². The van der Waals surface area contributed by atoms with Crippen LogP contribution in [0.1, 0.15) is 31.9 Å². The van der Waals surface area contributed by atoms with Crippen molar-refractivity contribution in [1.82, 2.24) is 0 Å². The maximum atomic E-state index is 9.97. The van der Waals surface area contributed by atoms with Crippen LogP contribution in [0, 0.1) is 0 Å². The van der Waals surface area contributed by atoms with Gasteiger partial charge in [0.1, 0.15) is 0 Å². The third-order valence-electron chi connectivity index (χ3n) is 3.87. The first-order valence-corrected chi connectivity index (χ1v) is 8.79. The van der Waals surface area contributed by atoms with Crippen molar-refractivity contribution in [2.75, 3.05) is 19.8 Å². The van der Waals surface area contributed by atoms with Crippen molar-refractivity contribution in [1.29, 1.82) is 0 Å². The van der Waals surface area contributed by atoms with Crippen molar-refractivity contribution in [3.63, 3.8) is 0 Å². The van der Waals surface area contributed by atoms with Crippen LogP contribution in [-0.4, -0.2) is 35.1 Å². The maximum absolute atomic E-state index is 9.97. The van der Waals surface area contributed by atoms with Crippen LogP contribution in [0.25, 0.3) is 0 Å². The molecule has 0 aromatic heterocycles. The van der Waals surface area contributed by atoms with Crippen molar-refractivity contribution >= 4 is 0 Å². The zero-order valence-electron chi connectivity index (χ0n) is 15.4. The molecule has 0 amide bonds. The van der Waals surface area contributed by atoms with Crippen LogP contribution in [0.15, 0.2) is 24.3 Å². The second-order valence-corrected chi connectivity index (χ2v) is 5.66. The number of ether oxygens (including phenoxy) is 3. The molecule has 3 N–H and O–H groups in total. The van der Waals surface area contributed by atoms with Gasteiger partial charge in [0, 0.05) is 0 Å². The van der Waals surface area contributed by atoms with E-state index in [1.807, 2.05) is 32.9 Å². The van der Waals surface area contributed by atoms with E-state index in [4.69, 9.17) is 14.2 Å². The fourth-order valence-corrected chi connectivity index (χ4v) is 2.68. The summed E-state index contributed by atoms with van der Waals surface area (Å²) in [5.41, 5.74) is 1.50. The molecule has 0 fully saturated rings. The highest BCUT2D eigenvalue weighted by Gasteiger charge is 2.16. The Morgan fingerprint density at radius 3 is 1.85 bits per heavy atom. The number of hydrogen-bond acceptors (Lipinski definition) is 6. The van der Waals surface area contributed by atoms with E-state index >= 15 is 0 Å². The summed E-state index contributed by atoms with van der Waals surface area (Å²) in [5.74, 6) is 0.681. The molecule has 0 aliphatic heterocycles. The first-order chi connectivity index (χ1) is 12.5. The highest BCUT2D eigenvalue weighted by atomic mass is 16.5. The number of aryl methyl sites for hydroxylation is 2. The van der Waals surface area contributed by atoms with E-state index in [0.717, 1.165) is 5.56 Å². The second-order valence-electron chi connectivity index (χ2n) is 5.66. The molecule has 2 aromatic rings. The van der Waals surface area contributed by atoms with Gasteiger partial charge in [0.05, 0.1) is 19.8 Å². The van der Waals surface area contributed by atoms with Gasteiger partial charge in [-0.2, -0.15) is 0 Å².